The molecule has 1 fully saturated rings. The van der Waals surface area contributed by atoms with Gasteiger partial charge in [-0.05, 0) is 27.8 Å². The topological polar surface area (TPSA) is 29.0 Å². The second-order valence-electron chi connectivity index (χ2n) is 6.96. The van der Waals surface area contributed by atoms with Gasteiger partial charge in [-0.25, -0.2) is 9.97 Å². The Morgan fingerprint density at radius 3 is 2.44 bits per heavy atom. The van der Waals surface area contributed by atoms with Crippen molar-refractivity contribution in [1.82, 2.24) is 9.97 Å². The van der Waals surface area contributed by atoms with Crippen molar-refractivity contribution >= 4 is 21.7 Å². The van der Waals surface area contributed by atoms with E-state index in [1.165, 1.54) is 6.42 Å². The molecule has 0 unspecified atom stereocenters. The van der Waals surface area contributed by atoms with Crippen LogP contribution >= 0.6 is 15.9 Å². The molecule has 0 saturated carbocycles. The van der Waals surface area contributed by atoms with Gasteiger partial charge in [0.25, 0.3) is 0 Å². The lowest BCUT2D eigenvalue weighted by atomic mass is 9.93. The largest absolute Gasteiger partial charge is 0.356 e. The molecule has 100 valence electrons. The number of aromatic nitrogens is 2. The van der Waals surface area contributed by atoms with Crippen LogP contribution in [0.1, 0.15) is 46.9 Å². The van der Waals surface area contributed by atoms with E-state index in [1.807, 2.05) is 6.07 Å². The third-order valence-corrected chi connectivity index (χ3v) is 3.76. The van der Waals surface area contributed by atoms with Gasteiger partial charge in [-0.3, -0.25) is 0 Å². The van der Waals surface area contributed by atoms with Crippen LogP contribution in [0.15, 0.2) is 10.7 Å². The summed E-state index contributed by atoms with van der Waals surface area (Å²) in [5.41, 5.74) is 0.368. The third-order valence-electron chi connectivity index (χ3n) is 3.35. The van der Waals surface area contributed by atoms with E-state index in [-0.39, 0.29) is 5.41 Å². The van der Waals surface area contributed by atoms with Gasteiger partial charge in [-0.1, -0.05) is 34.6 Å². The molecule has 4 heteroatoms. The Morgan fingerprint density at radius 1 is 1.28 bits per heavy atom. The molecule has 1 aliphatic rings. The Labute approximate surface area is 118 Å². The molecular formula is C14H22BrN3. The van der Waals surface area contributed by atoms with E-state index in [1.54, 1.807) is 0 Å². The van der Waals surface area contributed by atoms with E-state index in [0.29, 0.717) is 5.41 Å². The number of nitrogens with zero attached hydrogens (tertiary/aromatic N) is 3. The number of rotatable bonds is 1. The number of hydrogen-bond donors (Lipinski definition) is 0. The molecule has 3 nitrogen and oxygen atoms in total. The van der Waals surface area contributed by atoms with Gasteiger partial charge in [0.15, 0.2) is 0 Å². The minimum Gasteiger partial charge on any atom is -0.356 e. The summed E-state index contributed by atoms with van der Waals surface area (Å²) in [6.45, 7) is 13.2. The van der Waals surface area contributed by atoms with Gasteiger partial charge in [-0.2, -0.15) is 0 Å². The zero-order chi connectivity index (χ0) is 13.6. The Kier molecular flexibility index (Phi) is 3.43. The summed E-state index contributed by atoms with van der Waals surface area (Å²) in [5.74, 6) is 1.95. The minimum absolute atomic E-state index is 0.0201. The molecule has 18 heavy (non-hydrogen) atoms. The van der Waals surface area contributed by atoms with Crippen LogP contribution in [0.2, 0.25) is 0 Å². The zero-order valence-electron chi connectivity index (χ0n) is 11.9. The quantitative estimate of drug-likeness (QED) is 0.739. The zero-order valence-corrected chi connectivity index (χ0v) is 13.5. The molecule has 1 aromatic heterocycles. The van der Waals surface area contributed by atoms with Gasteiger partial charge < -0.3 is 4.90 Å². The molecule has 0 atom stereocenters. The predicted octanol–water partition coefficient (Wildman–Crippen LogP) is 3.77. The Balaban J connectivity index is 2.32. The van der Waals surface area contributed by atoms with E-state index in [4.69, 9.17) is 4.98 Å². The fraction of sp³-hybridized carbons (Fsp3) is 0.714. The first-order valence-electron chi connectivity index (χ1n) is 6.47. The van der Waals surface area contributed by atoms with E-state index in [9.17, 15) is 0 Å². The fourth-order valence-corrected chi connectivity index (χ4v) is 2.58. The molecule has 0 radical (unpaired) electrons. The molecular weight excluding hydrogens is 290 g/mol. The maximum atomic E-state index is 4.74. The molecule has 0 aliphatic carbocycles. The highest BCUT2D eigenvalue weighted by atomic mass is 79.9. The fourth-order valence-electron chi connectivity index (χ4n) is 2.21. The number of halogens is 1. The summed E-state index contributed by atoms with van der Waals surface area (Å²) >= 11 is 3.50. The first-order valence-corrected chi connectivity index (χ1v) is 7.27. The van der Waals surface area contributed by atoms with Crippen molar-refractivity contribution in [3.05, 3.63) is 16.5 Å². The Bertz CT molecular complexity index is 449. The van der Waals surface area contributed by atoms with Crippen molar-refractivity contribution in [2.75, 3.05) is 18.0 Å². The molecule has 0 bridgehead atoms. The maximum Gasteiger partial charge on any atom is 0.137 e. The van der Waals surface area contributed by atoms with Crippen LogP contribution in [0.25, 0.3) is 0 Å². The minimum atomic E-state index is -0.0201. The van der Waals surface area contributed by atoms with Crippen LogP contribution < -0.4 is 4.90 Å². The molecule has 1 saturated heterocycles. The summed E-state index contributed by atoms with van der Waals surface area (Å²) in [4.78, 5) is 11.6. The number of anilines is 1. The van der Waals surface area contributed by atoms with Gasteiger partial charge in [0.05, 0.1) is 0 Å². The van der Waals surface area contributed by atoms with E-state index >= 15 is 0 Å². The van der Waals surface area contributed by atoms with E-state index < -0.39 is 0 Å². The molecule has 0 aromatic carbocycles. The summed E-state index contributed by atoms with van der Waals surface area (Å²) in [5, 5.41) is 0. The molecule has 2 rings (SSSR count). The highest BCUT2D eigenvalue weighted by molar-refractivity contribution is 9.10. The van der Waals surface area contributed by atoms with Gasteiger partial charge in [0.2, 0.25) is 0 Å². The Hall–Kier alpha value is -0.640. The predicted molar refractivity (Wildman–Crippen MR) is 79.0 cm³/mol. The van der Waals surface area contributed by atoms with Crippen LogP contribution in [-0.2, 0) is 5.41 Å². The average molecular weight is 312 g/mol. The Morgan fingerprint density at radius 2 is 1.94 bits per heavy atom. The van der Waals surface area contributed by atoms with Crippen molar-refractivity contribution in [2.45, 2.75) is 46.5 Å². The second kappa shape index (κ2) is 4.48. The van der Waals surface area contributed by atoms with Crippen LogP contribution in [0.3, 0.4) is 0 Å². The summed E-state index contributed by atoms with van der Waals surface area (Å²) in [6, 6.07) is 2.02. The highest BCUT2D eigenvalue weighted by Gasteiger charge is 2.31. The standard InChI is InChI=1S/C14H22BrN3/c1-13(2,3)12-16-10(15)8-11(17-12)18-7-6-14(4,5)9-18/h8H,6-7,9H2,1-5H3. The average Bonchev–Trinajstić information content (AvgIpc) is 2.56. The summed E-state index contributed by atoms with van der Waals surface area (Å²) < 4.78 is 0.877. The molecule has 0 amide bonds. The van der Waals surface area contributed by atoms with Crippen LogP contribution in [0.4, 0.5) is 5.82 Å². The first-order chi connectivity index (χ1) is 8.17. The van der Waals surface area contributed by atoms with Crippen LogP contribution in [-0.4, -0.2) is 23.1 Å². The van der Waals surface area contributed by atoms with Gasteiger partial charge in [-0.15, -0.1) is 0 Å². The molecule has 0 N–H and O–H groups in total. The molecule has 0 spiro atoms. The first kappa shape index (κ1) is 13.8. The molecule has 1 aromatic rings. The lowest BCUT2D eigenvalue weighted by Crippen LogP contribution is -2.25. The normalized spacial score (nSPS) is 19.3. The third kappa shape index (κ3) is 3.02. The van der Waals surface area contributed by atoms with E-state index in [2.05, 4.69) is 60.4 Å². The lowest BCUT2D eigenvalue weighted by molar-refractivity contribution is 0.418. The van der Waals surface area contributed by atoms with Crippen molar-refractivity contribution < 1.29 is 0 Å². The van der Waals surface area contributed by atoms with Crippen molar-refractivity contribution in [2.24, 2.45) is 5.41 Å². The van der Waals surface area contributed by atoms with Gasteiger partial charge in [0.1, 0.15) is 16.2 Å². The van der Waals surface area contributed by atoms with Crippen molar-refractivity contribution in [3.63, 3.8) is 0 Å². The van der Waals surface area contributed by atoms with Gasteiger partial charge >= 0.3 is 0 Å². The van der Waals surface area contributed by atoms with Crippen molar-refractivity contribution in [1.29, 1.82) is 0 Å². The van der Waals surface area contributed by atoms with Gasteiger partial charge in [0, 0.05) is 24.6 Å². The lowest BCUT2D eigenvalue weighted by Gasteiger charge is -2.23. The maximum absolute atomic E-state index is 4.74. The SMILES string of the molecule is CC1(C)CCN(c2cc(Br)nc(C(C)(C)C)n2)C1. The van der Waals surface area contributed by atoms with E-state index in [0.717, 1.165) is 29.3 Å². The number of hydrogen-bond acceptors (Lipinski definition) is 3. The second-order valence-corrected chi connectivity index (χ2v) is 7.77. The molecule has 2 heterocycles. The van der Waals surface area contributed by atoms with Crippen LogP contribution in [0.5, 0.6) is 0 Å². The smallest absolute Gasteiger partial charge is 0.137 e. The van der Waals surface area contributed by atoms with Crippen LogP contribution in [0, 0.1) is 5.41 Å². The van der Waals surface area contributed by atoms with Crippen molar-refractivity contribution in [3.8, 4) is 0 Å². The molecule has 1 aliphatic heterocycles. The summed E-state index contributed by atoms with van der Waals surface area (Å²) in [6.07, 6.45) is 1.22. The monoisotopic (exact) mass is 311 g/mol. The highest BCUT2D eigenvalue weighted by Crippen LogP contribution is 2.33. The summed E-state index contributed by atoms with van der Waals surface area (Å²) in [7, 11) is 0.